The Hall–Kier alpha value is -2.86. The molecule has 1 heterocycles. The van der Waals surface area contributed by atoms with Crippen LogP contribution < -0.4 is 5.32 Å². The number of carbonyl (C=O) groups excluding carboxylic acids is 3. The molecule has 5 nitrogen and oxygen atoms in total. The molecule has 2 aromatic rings. The Morgan fingerprint density at radius 2 is 1.81 bits per heavy atom. The van der Waals surface area contributed by atoms with Crippen LogP contribution in [0.3, 0.4) is 0 Å². The molecule has 27 heavy (non-hydrogen) atoms. The molecule has 138 valence electrons. The average Bonchev–Trinajstić information content (AvgIpc) is 3.01. The van der Waals surface area contributed by atoms with Gasteiger partial charge >= 0.3 is 0 Å². The fourth-order valence-corrected chi connectivity index (χ4v) is 3.68. The van der Waals surface area contributed by atoms with Gasteiger partial charge in [-0.15, -0.1) is 0 Å². The molecular formula is C21H20N2O3S. The molecule has 0 unspecified atom stereocenters. The summed E-state index contributed by atoms with van der Waals surface area (Å²) >= 11 is 1.28. The number of hydrogen-bond donors (Lipinski definition) is 1. The number of thioether (sulfide) groups is 1. The molecule has 2 aromatic carbocycles. The van der Waals surface area contributed by atoms with Gasteiger partial charge in [-0.1, -0.05) is 66.4 Å². The summed E-state index contributed by atoms with van der Waals surface area (Å²) in [5, 5.41) is 3.32. The van der Waals surface area contributed by atoms with Crippen molar-refractivity contribution in [1.82, 2.24) is 10.2 Å². The number of nitrogens with one attached hydrogen (secondary N) is 1. The minimum atomic E-state index is -0.260. The standard InChI is InChI=1S/C21H20N2O3S/c1-15-7-5-6-10-17(15)18(24)11-21-23(20(26)14-27-21)13-19(25)22-12-16-8-3-2-4-9-16/h2-11H,12-14H2,1H3,(H,22,25)/b21-11-. The van der Waals surface area contributed by atoms with Crippen molar-refractivity contribution in [3.05, 3.63) is 82.4 Å². The highest BCUT2D eigenvalue weighted by Crippen LogP contribution is 2.29. The summed E-state index contributed by atoms with van der Waals surface area (Å²) in [6.07, 6.45) is 1.45. The first-order valence-electron chi connectivity index (χ1n) is 8.60. The third kappa shape index (κ3) is 4.86. The molecule has 1 aliphatic rings. The van der Waals surface area contributed by atoms with Crippen molar-refractivity contribution in [1.29, 1.82) is 0 Å². The summed E-state index contributed by atoms with van der Waals surface area (Å²) < 4.78 is 0. The van der Waals surface area contributed by atoms with Gasteiger partial charge in [-0.05, 0) is 18.1 Å². The minimum Gasteiger partial charge on any atom is -0.350 e. The van der Waals surface area contributed by atoms with E-state index in [2.05, 4.69) is 5.32 Å². The monoisotopic (exact) mass is 380 g/mol. The molecule has 0 spiro atoms. The van der Waals surface area contributed by atoms with Crippen LogP contribution >= 0.6 is 11.8 Å². The van der Waals surface area contributed by atoms with Gasteiger partial charge < -0.3 is 5.32 Å². The van der Waals surface area contributed by atoms with Crippen molar-refractivity contribution in [2.75, 3.05) is 12.3 Å². The molecule has 2 amide bonds. The van der Waals surface area contributed by atoms with Crippen molar-refractivity contribution < 1.29 is 14.4 Å². The third-order valence-corrected chi connectivity index (χ3v) is 5.24. The molecule has 0 aromatic heterocycles. The Morgan fingerprint density at radius 3 is 2.56 bits per heavy atom. The molecule has 3 rings (SSSR count). The predicted octanol–water partition coefficient (Wildman–Crippen LogP) is 2.91. The normalized spacial score (nSPS) is 15.2. The summed E-state index contributed by atoms with van der Waals surface area (Å²) in [4.78, 5) is 38.3. The number of carbonyl (C=O) groups is 3. The summed E-state index contributed by atoms with van der Waals surface area (Å²) in [5.41, 5.74) is 2.46. The van der Waals surface area contributed by atoms with Gasteiger partial charge in [-0.3, -0.25) is 19.3 Å². The van der Waals surface area contributed by atoms with E-state index in [-0.39, 0.29) is 29.9 Å². The maximum Gasteiger partial charge on any atom is 0.240 e. The molecule has 1 fully saturated rings. The molecule has 1 saturated heterocycles. The zero-order valence-corrected chi connectivity index (χ0v) is 15.8. The van der Waals surface area contributed by atoms with Gasteiger partial charge in [0.25, 0.3) is 0 Å². The van der Waals surface area contributed by atoms with Crippen LogP contribution in [-0.4, -0.2) is 34.8 Å². The van der Waals surface area contributed by atoms with E-state index < -0.39 is 0 Å². The van der Waals surface area contributed by atoms with Crippen molar-refractivity contribution in [3.63, 3.8) is 0 Å². The Bertz CT molecular complexity index is 893. The van der Waals surface area contributed by atoms with Crippen LogP contribution in [0.15, 0.2) is 65.7 Å². The molecule has 0 aliphatic carbocycles. The molecule has 6 heteroatoms. The van der Waals surface area contributed by atoms with Gasteiger partial charge in [0.05, 0.1) is 10.8 Å². The zero-order valence-electron chi connectivity index (χ0n) is 15.0. The van der Waals surface area contributed by atoms with Crippen LogP contribution in [0.1, 0.15) is 21.5 Å². The summed E-state index contributed by atoms with van der Waals surface area (Å²) in [5.74, 6) is -0.360. The number of amides is 2. The lowest BCUT2D eigenvalue weighted by Crippen LogP contribution is -2.37. The third-order valence-electron chi connectivity index (χ3n) is 4.21. The number of hydrogen-bond acceptors (Lipinski definition) is 4. The van der Waals surface area contributed by atoms with Gasteiger partial charge in [0.1, 0.15) is 6.54 Å². The summed E-state index contributed by atoms with van der Waals surface area (Å²) in [7, 11) is 0. The van der Waals surface area contributed by atoms with E-state index in [0.29, 0.717) is 17.1 Å². The van der Waals surface area contributed by atoms with Crippen LogP contribution in [0.4, 0.5) is 0 Å². The minimum absolute atomic E-state index is 0.0917. The van der Waals surface area contributed by atoms with Gasteiger partial charge in [0, 0.05) is 18.2 Å². The lowest BCUT2D eigenvalue weighted by atomic mass is 10.1. The Kier molecular flexibility index (Phi) is 6.08. The van der Waals surface area contributed by atoms with Crippen LogP contribution in [0.2, 0.25) is 0 Å². The van der Waals surface area contributed by atoms with E-state index in [0.717, 1.165) is 11.1 Å². The molecule has 1 N–H and O–H groups in total. The predicted molar refractivity (Wildman–Crippen MR) is 106 cm³/mol. The number of rotatable bonds is 6. The average molecular weight is 380 g/mol. The van der Waals surface area contributed by atoms with Gasteiger partial charge in [-0.25, -0.2) is 0 Å². The molecule has 0 radical (unpaired) electrons. The molecule has 1 aliphatic heterocycles. The van der Waals surface area contributed by atoms with Crippen LogP contribution in [0.5, 0.6) is 0 Å². The Morgan fingerprint density at radius 1 is 1.11 bits per heavy atom. The molecule has 0 bridgehead atoms. The fraction of sp³-hybridized carbons (Fsp3) is 0.190. The number of aryl methyl sites for hydroxylation is 1. The highest BCUT2D eigenvalue weighted by molar-refractivity contribution is 8.04. The number of ketones is 1. The number of benzene rings is 2. The van der Waals surface area contributed by atoms with Gasteiger partial charge in [0.2, 0.25) is 11.8 Å². The Labute approximate surface area is 162 Å². The van der Waals surface area contributed by atoms with E-state index in [1.807, 2.05) is 49.4 Å². The van der Waals surface area contributed by atoms with Crippen molar-refractivity contribution in [2.45, 2.75) is 13.5 Å². The number of nitrogens with zero attached hydrogens (tertiary/aromatic N) is 1. The summed E-state index contributed by atoms with van der Waals surface area (Å²) in [6, 6.07) is 16.9. The van der Waals surface area contributed by atoms with E-state index in [1.165, 1.54) is 22.7 Å². The summed E-state index contributed by atoms with van der Waals surface area (Å²) in [6.45, 7) is 2.18. The quantitative estimate of drug-likeness (QED) is 0.618. The highest BCUT2D eigenvalue weighted by Gasteiger charge is 2.29. The van der Waals surface area contributed by atoms with E-state index in [9.17, 15) is 14.4 Å². The van der Waals surface area contributed by atoms with E-state index in [1.54, 1.807) is 12.1 Å². The largest absolute Gasteiger partial charge is 0.350 e. The Balaban J connectivity index is 1.66. The maximum atomic E-state index is 12.5. The van der Waals surface area contributed by atoms with E-state index >= 15 is 0 Å². The maximum absolute atomic E-state index is 12.5. The molecule has 0 saturated carbocycles. The molecule has 0 atom stereocenters. The van der Waals surface area contributed by atoms with E-state index in [4.69, 9.17) is 0 Å². The SMILES string of the molecule is Cc1ccccc1C(=O)/C=C1\SCC(=O)N1CC(=O)NCc1ccccc1. The highest BCUT2D eigenvalue weighted by atomic mass is 32.2. The second-order valence-corrected chi connectivity index (χ2v) is 7.19. The van der Waals surface area contributed by atoms with Gasteiger partial charge in [0.15, 0.2) is 5.78 Å². The van der Waals surface area contributed by atoms with Crippen molar-refractivity contribution >= 4 is 29.4 Å². The number of allylic oxidation sites excluding steroid dienone is 1. The topological polar surface area (TPSA) is 66.5 Å². The zero-order chi connectivity index (χ0) is 19.2. The second kappa shape index (κ2) is 8.68. The van der Waals surface area contributed by atoms with Crippen LogP contribution in [-0.2, 0) is 16.1 Å². The van der Waals surface area contributed by atoms with Crippen molar-refractivity contribution in [3.8, 4) is 0 Å². The lowest BCUT2D eigenvalue weighted by molar-refractivity contribution is -0.131. The molecular weight excluding hydrogens is 360 g/mol. The van der Waals surface area contributed by atoms with Crippen LogP contribution in [0, 0.1) is 6.92 Å². The van der Waals surface area contributed by atoms with Gasteiger partial charge in [-0.2, -0.15) is 0 Å². The first-order valence-corrected chi connectivity index (χ1v) is 9.58. The lowest BCUT2D eigenvalue weighted by Gasteiger charge is -2.16. The first-order chi connectivity index (χ1) is 13.0. The smallest absolute Gasteiger partial charge is 0.240 e. The second-order valence-electron chi connectivity index (χ2n) is 6.19. The van der Waals surface area contributed by atoms with Crippen LogP contribution in [0.25, 0.3) is 0 Å². The first kappa shape index (κ1) is 18.9. The van der Waals surface area contributed by atoms with Crippen molar-refractivity contribution in [2.24, 2.45) is 0 Å². The fourth-order valence-electron chi connectivity index (χ4n) is 2.74.